The lowest BCUT2D eigenvalue weighted by molar-refractivity contribution is 0.0450. The van der Waals surface area contributed by atoms with Crippen molar-refractivity contribution >= 4 is 0 Å². The number of hydrogen-bond donors (Lipinski definition) is 4. The van der Waals surface area contributed by atoms with Crippen LogP contribution in [0, 0.1) is 0 Å². The maximum absolute atomic E-state index is 8.17. The summed E-state index contributed by atoms with van der Waals surface area (Å²) in [6.07, 6.45) is 0.796. The molecule has 0 fully saturated rings. The fraction of sp³-hybridized carbons (Fsp3) is 0.750. The standard InChI is InChI=1S/C3H8O3.C3H6.C2H6O/c4-1-3(6)2-5;1-3-2;1-2-3/h3-6H,1-2H2;3H,1H2,2H3;3H,2H2,1H3. The summed E-state index contributed by atoms with van der Waals surface area (Å²) in [5.41, 5.74) is 0. The lowest BCUT2D eigenvalue weighted by Crippen LogP contribution is -2.15. The van der Waals surface area contributed by atoms with Crippen LogP contribution in [0.1, 0.15) is 13.8 Å². The van der Waals surface area contributed by atoms with Gasteiger partial charge in [0, 0.05) is 6.61 Å². The van der Waals surface area contributed by atoms with E-state index in [4.69, 9.17) is 20.4 Å². The molecule has 0 spiro atoms. The number of rotatable bonds is 2. The number of aliphatic hydroxyl groups is 4. The van der Waals surface area contributed by atoms with Crippen LogP contribution >= 0.6 is 0 Å². The Hall–Kier alpha value is -0.420. The zero-order valence-corrected chi connectivity index (χ0v) is 7.77. The molecule has 0 heterocycles. The Morgan fingerprint density at radius 2 is 1.42 bits per heavy atom. The van der Waals surface area contributed by atoms with E-state index in [9.17, 15) is 0 Å². The highest BCUT2D eigenvalue weighted by molar-refractivity contribution is 4.51. The Morgan fingerprint density at radius 3 is 1.42 bits per heavy atom. The van der Waals surface area contributed by atoms with Gasteiger partial charge in [-0.3, -0.25) is 0 Å². The van der Waals surface area contributed by atoms with Crippen LogP contribution in [0.15, 0.2) is 12.7 Å². The molecule has 76 valence electrons. The van der Waals surface area contributed by atoms with Gasteiger partial charge in [0.25, 0.3) is 0 Å². The number of hydrogen-bond acceptors (Lipinski definition) is 4. The van der Waals surface area contributed by atoms with Crippen molar-refractivity contribution < 1.29 is 20.4 Å². The summed E-state index contributed by atoms with van der Waals surface area (Å²) in [7, 11) is 0. The third-order valence-corrected chi connectivity index (χ3v) is 0.421. The van der Waals surface area contributed by atoms with Gasteiger partial charge in [-0.2, -0.15) is 0 Å². The van der Waals surface area contributed by atoms with Crippen molar-refractivity contribution in [2.75, 3.05) is 19.8 Å². The Morgan fingerprint density at radius 1 is 1.25 bits per heavy atom. The fourth-order valence-electron chi connectivity index (χ4n) is 0.0577. The van der Waals surface area contributed by atoms with Gasteiger partial charge < -0.3 is 20.4 Å². The van der Waals surface area contributed by atoms with Crippen molar-refractivity contribution in [2.24, 2.45) is 0 Å². The summed E-state index contributed by atoms with van der Waals surface area (Å²) >= 11 is 0. The van der Waals surface area contributed by atoms with Crippen molar-refractivity contribution in [2.45, 2.75) is 20.0 Å². The first-order chi connectivity index (χ1) is 5.64. The van der Waals surface area contributed by atoms with E-state index in [1.165, 1.54) is 0 Å². The van der Waals surface area contributed by atoms with Crippen LogP contribution in [0.25, 0.3) is 0 Å². The second-order valence-corrected chi connectivity index (χ2v) is 1.74. The average Bonchev–Trinajstić information content (AvgIpc) is 2.06. The molecule has 4 nitrogen and oxygen atoms in total. The minimum absolute atomic E-state index is 0.250. The molecule has 0 radical (unpaired) electrons. The smallest absolute Gasteiger partial charge is 0.100 e. The average molecular weight is 180 g/mol. The topological polar surface area (TPSA) is 80.9 Å². The van der Waals surface area contributed by atoms with Gasteiger partial charge in [-0.15, -0.1) is 6.58 Å². The molecule has 0 unspecified atom stereocenters. The predicted octanol–water partition coefficient (Wildman–Crippen LogP) is -0.477. The van der Waals surface area contributed by atoms with E-state index in [1.807, 2.05) is 6.92 Å². The number of aliphatic hydroxyl groups excluding tert-OH is 4. The van der Waals surface area contributed by atoms with Crippen molar-refractivity contribution in [3.8, 4) is 0 Å². The molecule has 0 aromatic rings. The molecular weight excluding hydrogens is 160 g/mol. The zero-order chi connectivity index (χ0) is 10.4. The fourth-order valence-corrected chi connectivity index (χ4v) is 0.0577. The first-order valence-electron chi connectivity index (χ1n) is 3.72. The van der Waals surface area contributed by atoms with Crippen LogP contribution in [-0.4, -0.2) is 46.4 Å². The molecule has 0 saturated carbocycles. The Labute approximate surface area is 73.8 Å². The van der Waals surface area contributed by atoms with E-state index in [2.05, 4.69) is 6.58 Å². The van der Waals surface area contributed by atoms with Gasteiger partial charge in [-0.25, -0.2) is 0 Å². The maximum atomic E-state index is 8.17. The van der Waals surface area contributed by atoms with Gasteiger partial charge in [0.2, 0.25) is 0 Å². The molecule has 0 aliphatic rings. The molecule has 0 aliphatic heterocycles. The minimum Gasteiger partial charge on any atom is -0.397 e. The molecular formula is C8H20O4. The molecule has 0 bridgehead atoms. The van der Waals surface area contributed by atoms with Crippen LogP contribution in [0.4, 0.5) is 0 Å². The molecule has 12 heavy (non-hydrogen) atoms. The SMILES string of the molecule is C=CC.CCO.OCC(O)CO. The first-order valence-corrected chi connectivity index (χ1v) is 3.72. The predicted molar refractivity (Wildman–Crippen MR) is 48.8 cm³/mol. The molecule has 0 rings (SSSR count). The van der Waals surface area contributed by atoms with E-state index in [0.717, 1.165) is 0 Å². The molecule has 0 aromatic heterocycles. The molecule has 0 aromatic carbocycles. The normalized spacial score (nSPS) is 7.58. The maximum Gasteiger partial charge on any atom is 0.100 e. The summed E-state index contributed by atoms with van der Waals surface area (Å²) in [4.78, 5) is 0. The van der Waals surface area contributed by atoms with Crippen molar-refractivity contribution in [1.29, 1.82) is 0 Å². The van der Waals surface area contributed by atoms with E-state index in [-0.39, 0.29) is 19.8 Å². The zero-order valence-electron chi connectivity index (χ0n) is 7.77. The highest BCUT2D eigenvalue weighted by Crippen LogP contribution is 1.71. The van der Waals surface area contributed by atoms with Gasteiger partial charge >= 0.3 is 0 Å². The first kappa shape index (κ1) is 17.6. The molecule has 0 amide bonds. The van der Waals surface area contributed by atoms with E-state index in [1.54, 1.807) is 13.0 Å². The van der Waals surface area contributed by atoms with Gasteiger partial charge in [0.05, 0.1) is 13.2 Å². The van der Waals surface area contributed by atoms with Crippen LogP contribution in [0.2, 0.25) is 0 Å². The number of allylic oxidation sites excluding steroid dienone is 1. The Kier molecular flexibility index (Phi) is 32.9. The van der Waals surface area contributed by atoms with Crippen molar-refractivity contribution in [3.05, 3.63) is 12.7 Å². The summed E-state index contributed by atoms with van der Waals surface area (Å²) in [6.45, 7) is 6.45. The summed E-state index contributed by atoms with van der Waals surface area (Å²) in [5, 5.41) is 31.6. The molecule has 4 heteroatoms. The van der Waals surface area contributed by atoms with Crippen LogP contribution < -0.4 is 0 Å². The quantitative estimate of drug-likeness (QED) is 0.433. The lowest BCUT2D eigenvalue weighted by atomic mass is 10.4. The molecule has 0 atom stereocenters. The van der Waals surface area contributed by atoms with Gasteiger partial charge in [0.15, 0.2) is 0 Å². The third kappa shape index (κ3) is 55.0. The van der Waals surface area contributed by atoms with E-state index >= 15 is 0 Å². The van der Waals surface area contributed by atoms with Crippen molar-refractivity contribution in [1.82, 2.24) is 0 Å². The van der Waals surface area contributed by atoms with Crippen LogP contribution in [0.3, 0.4) is 0 Å². The Bertz CT molecular complexity index is 62.1. The van der Waals surface area contributed by atoms with Gasteiger partial charge in [-0.1, -0.05) is 6.08 Å². The second-order valence-electron chi connectivity index (χ2n) is 1.74. The largest absolute Gasteiger partial charge is 0.397 e. The van der Waals surface area contributed by atoms with Crippen LogP contribution in [-0.2, 0) is 0 Å². The van der Waals surface area contributed by atoms with Crippen molar-refractivity contribution in [3.63, 3.8) is 0 Å². The van der Waals surface area contributed by atoms with E-state index in [0.29, 0.717) is 0 Å². The monoisotopic (exact) mass is 180 g/mol. The minimum atomic E-state index is -0.954. The highest BCUT2D eigenvalue weighted by atomic mass is 16.3. The van der Waals surface area contributed by atoms with Gasteiger partial charge in [-0.05, 0) is 13.8 Å². The van der Waals surface area contributed by atoms with Crippen LogP contribution in [0.5, 0.6) is 0 Å². The molecule has 0 aliphatic carbocycles. The summed E-state index contributed by atoms with van der Waals surface area (Å²) in [6, 6.07) is 0. The highest BCUT2D eigenvalue weighted by Gasteiger charge is 1.93. The lowest BCUT2D eigenvalue weighted by Gasteiger charge is -1.96. The summed E-state index contributed by atoms with van der Waals surface area (Å²) < 4.78 is 0. The van der Waals surface area contributed by atoms with Gasteiger partial charge in [0.1, 0.15) is 6.10 Å². The third-order valence-electron chi connectivity index (χ3n) is 0.421. The van der Waals surface area contributed by atoms with E-state index < -0.39 is 6.10 Å². The molecule has 0 saturated heterocycles. The second kappa shape index (κ2) is 22.4. The summed E-state index contributed by atoms with van der Waals surface area (Å²) in [5.74, 6) is 0. The Balaban J connectivity index is -0.000000115. The molecule has 4 N–H and O–H groups in total.